The number of carbonyl (C=O) groups is 1. The average molecular weight is 325 g/mol. The van der Waals surface area contributed by atoms with Gasteiger partial charge in [0.15, 0.2) is 5.13 Å². The van der Waals surface area contributed by atoms with Gasteiger partial charge in [-0.15, -0.1) is 0 Å². The molecule has 2 rings (SSSR count). The molecule has 1 unspecified atom stereocenters. The van der Waals surface area contributed by atoms with Gasteiger partial charge in [0.05, 0.1) is 18.8 Å². The number of benzene rings is 1. The number of aromatic nitrogens is 1. The highest BCUT2D eigenvalue weighted by Gasteiger charge is 2.21. The van der Waals surface area contributed by atoms with Crippen molar-refractivity contribution < 1.29 is 9.53 Å². The van der Waals surface area contributed by atoms with Crippen molar-refractivity contribution in [1.29, 1.82) is 0 Å². The van der Waals surface area contributed by atoms with Crippen LogP contribution in [-0.2, 0) is 4.74 Å². The number of methoxy groups -OCH3 is 1. The Morgan fingerprint density at radius 1 is 1.43 bits per heavy atom. The summed E-state index contributed by atoms with van der Waals surface area (Å²) in [6.45, 7) is 3.86. The lowest BCUT2D eigenvalue weighted by Gasteiger charge is -2.25. The van der Waals surface area contributed by atoms with Gasteiger partial charge in [0.2, 0.25) is 0 Å². The van der Waals surface area contributed by atoms with E-state index in [2.05, 4.69) is 11.9 Å². The third-order valence-corrected chi connectivity index (χ3v) is 4.97. The van der Waals surface area contributed by atoms with Crippen molar-refractivity contribution in [3.63, 3.8) is 0 Å². The molecular weight excluding hydrogens is 308 g/mol. The Hall–Kier alpha value is -1.59. The third kappa shape index (κ3) is 3.19. The molecule has 0 aliphatic heterocycles. The maximum Gasteiger partial charge on any atom is 0.350 e. The minimum absolute atomic E-state index is 0.0507. The normalized spacial score (nSPS) is 12.0. The second kappa shape index (κ2) is 6.45. The van der Waals surface area contributed by atoms with Gasteiger partial charge in [-0.1, -0.05) is 41.1 Å². The Balaban J connectivity index is 2.30. The molecule has 0 spiro atoms. The highest BCUT2D eigenvalue weighted by atomic mass is 35.5. The van der Waals surface area contributed by atoms with Crippen LogP contribution in [0.25, 0.3) is 0 Å². The predicted molar refractivity (Wildman–Crippen MR) is 86.5 cm³/mol. The molecule has 21 heavy (non-hydrogen) atoms. The molecular formula is C15H17ClN2O2S. The van der Waals surface area contributed by atoms with Crippen LogP contribution in [-0.4, -0.2) is 25.1 Å². The fourth-order valence-corrected chi connectivity index (χ4v) is 3.32. The molecule has 0 saturated heterocycles. The van der Waals surface area contributed by atoms with Crippen LogP contribution in [0, 0.1) is 6.92 Å². The van der Waals surface area contributed by atoms with Crippen molar-refractivity contribution in [3.8, 4) is 0 Å². The van der Waals surface area contributed by atoms with Gasteiger partial charge in [0.1, 0.15) is 4.88 Å². The number of aryl methyl sites for hydroxylation is 1. The van der Waals surface area contributed by atoms with Crippen LogP contribution in [0.5, 0.6) is 0 Å². The van der Waals surface area contributed by atoms with Crippen molar-refractivity contribution in [2.24, 2.45) is 0 Å². The van der Waals surface area contributed by atoms with Crippen molar-refractivity contribution in [2.45, 2.75) is 19.9 Å². The van der Waals surface area contributed by atoms with Crippen LogP contribution in [0.4, 0.5) is 5.13 Å². The van der Waals surface area contributed by atoms with E-state index in [1.165, 1.54) is 18.4 Å². The molecule has 1 atom stereocenters. The largest absolute Gasteiger partial charge is 0.465 e. The van der Waals surface area contributed by atoms with E-state index in [0.717, 1.165) is 15.7 Å². The highest BCUT2D eigenvalue weighted by molar-refractivity contribution is 7.17. The molecule has 0 saturated carbocycles. The van der Waals surface area contributed by atoms with Crippen molar-refractivity contribution in [3.05, 3.63) is 45.4 Å². The summed E-state index contributed by atoms with van der Waals surface area (Å²) in [6.07, 6.45) is 0. The highest BCUT2D eigenvalue weighted by Crippen LogP contribution is 2.33. The van der Waals surface area contributed by atoms with E-state index in [0.29, 0.717) is 10.6 Å². The average Bonchev–Trinajstić information content (AvgIpc) is 2.87. The predicted octanol–water partition coefficient (Wildman–Crippen LogP) is 4.09. The van der Waals surface area contributed by atoms with Gasteiger partial charge in [-0.2, -0.15) is 0 Å². The number of anilines is 1. The number of esters is 1. The van der Waals surface area contributed by atoms with Gasteiger partial charge >= 0.3 is 5.97 Å². The monoisotopic (exact) mass is 324 g/mol. The van der Waals surface area contributed by atoms with Crippen LogP contribution < -0.4 is 4.90 Å². The second-order valence-electron chi connectivity index (χ2n) is 4.71. The Morgan fingerprint density at radius 3 is 2.71 bits per heavy atom. The quantitative estimate of drug-likeness (QED) is 0.794. The molecule has 0 bridgehead atoms. The lowest BCUT2D eigenvalue weighted by molar-refractivity contribution is 0.0605. The maximum absolute atomic E-state index is 11.7. The third-order valence-electron chi connectivity index (χ3n) is 3.39. The molecule has 2 aromatic rings. The summed E-state index contributed by atoms with van der Waals surface area (Å²) in [7, 11) is 3.31. The SMILES string of the molecule is COC(=O)c1sc(N(C)C(C)c2ccccc2Cl)nc1C. The molecule has 0 fully saturated rings. The molecule has 1 aromatic heterocycles. The van der Waals surface area contributed by atoms with E-state index in [4.69, 9.17) is 16.3 Å². The molecule has 0 aliphatic carbocycles. The van der Waals surface area contributed by atoms with E-state index in [-0.39, 0.29) is 12.0 Å². The molecule has 0 aliphatic rings. The van der Waals surface area contributed by atoms with E-state index in [1.54, 1.807) is 6.92 Å². The zero-order valence-electron chi connectivity index (χ0n) is 12.4. The van der Waals surface area contributed by atoms with Gasteiger partial charge in [0.25, 0.3) is 0 Å². The van der Waals surface area contributed by atoms with Gasteiger partial charge in [-0.3, -0.25) is 0 Å². The summed E-state index contributed by atoms with van der Waals surface area (Å²) in [4.78, 5) is 18.7. The Bertz CT molecular complexity index is 657. The molecule has 1 aromatic carbocycles. The molecule has 1 heterocycles. The first-order valence-electron chi connectivity index (χ1n) is 6.48. The van der Waals surface area contributed by atoms with Crippen molar-refractivity contribution in [2.75, 3.05) is 19.1 Å². The van der Waals surface area contributed by atoms with Crippen LogP contribution in [0.15, 0.2) is 24.3 Å². The van der Waals surface area contributed by atoms with E-state index in [1.807, 2.05) is 36.2 Å². The van der Waals surface area contributed by atoms with Crippen LogP contribution in [0.1, 0.15) is 33.9 Å². The van der Waals surface area contributed by atoms with Crippen LogP contribution in [0.3, 0.4) is 0 Å². The number of carbonyl (C=O) groups excluding carboxylic acids is 1. The fraction of sp³-hybridized carbons (Fsp3) is 0.333. The lowest BCUT2D eigenvalue weighted by atomic mass is 10.1. The molecule has 4 nitrogen and oxygen atoms in total. The molecule has 0 radical (unpaired) electrons. The van der Waals surface area contributed by atoms with Crippen LogP contribution in [0.2, 0.25) is 5.02 Å². The summed E-state index contributed by atoms with van der Waals surface area (Å²) in [6, 6.07) is 7.77. The summed E-state index contributed by atoms with van der Waals surface area (Å²) in [5.74, 6) is -0.352. The minimum Gasteiger partial charge on any atom is -0.465 e. The summed E-state index contributed by atoms with van der Waals surface area (Å²) < 4.78 is 4.77. The Morgan fingerprint density at radius 2 is 2.10 bits per heavy atom. The summed E-state index contributed by atoms with van der Waals surface area (Å²) >= 11 is 7.57. The Kier molecular flexibility index (Phi) is 4.85. The van der Waals surface area contributed by atoms with E-state index in [9.17, 15) is 4.79 Å². The number of hydrogen-bond donors (Lipinski definition) is 0. The molecule has 6 heteroatoms. The molecule has 0 N–H and O–H groups in total. The molecule has 112 valence electrons. The number of rotatable bonds is 4. The Labute approximate surface area is 133 Å². The topological polar surface area (TPSA) is 42.4 Å². The number of ether oxygens (including phenoxy) is 1. The van der Waals surface area contributed by atoms with Gasteiger partial charge in [0, 0.05) is 12.1 Å². The van der Waals surface area contributed by atoms with E-state index < -0.39 is 0 Å². The van der Waals surface area contributed by atoms with Crippen molar-refractivity contribution >= 4 is 34.0 Å². The zero-order valence-corrected chi connectivity index (χ0v) is 14.0. The number of halogens is 1. The standard InChI is InChI=1S/C15H17ClN2O2S/c1-9-13(14(19)20-4)21-15(17-9)18(3)10(2)11-7-5-6-8-12(11)16/h5-8,10H,1-4H3. The zero-order chi connectivity index (χ0) is 15.6. The van der Waals surface area contributed by atoms with Gasteiger partial charge < -0.3 is 9.64 Å². The van der Waals surface area contributed by atoms with Gasteiger partial charge in [-0.05, 0) is 25.5 Å². The first-order chi connectivity index (χ1) is 9.95. The number of thiazole rings is 1. The first kappa shape index (κ1) is 15.8. The smallest absolute Gasteiger partial charge is 0.350 e. The minimum atomic E-state index is -0.352. The summed E-state index contributed by atoms with van der Waals surface area (Å²) in [5.41, 5.74) is 1.70. The van der Waals surface area contributed by atoms with Gasteiger partial charge in [-0.25, -0.2) is 9.78 Å². The summed E-state index contributed by atoms with van der Waals surface area (Å²) in [5, 5.41) is 1.48. The van der Waals surface area contributed by atoms with Crippen molar-refractivity contribution in [1.82, 2.24) is 4.98 Å². The fourth-order valence-electron chi connectivity index (χ4n) is 2.00. The lowest BCUT2D eigenvalue weighted by Crippen LogP contribution is -2.21. The number of nitrogens with zero attached hydrogens (tertiary/aromatic N) is 2. The maximum atomic E-state index is 11.7. The van der Waals surface area contributed by atoms with E-state index >= 15 is 0 Å². The molecule has 0 amide bonds. The first-order valence-corrected chi connectivity index (χ1v) is 7.68. The second-order valence-corrected chi connectivity index (χ2v) is 6.10. The number of hydrogen-bond acceptors (Lipinski definition) is 5. The van der Waals surface area contributed by atoms with Crippen LogP contribution >= 0.6 is 22.9 Å².